The second-order valence-electron chi connectivity index (χ2n) is 9.73. The number of aldehydes is 1. The zero-order chi connectivity index (χ0) is 26.6. The highest BCUT2D eigenvalue weighted by Crippen LogP contribution is 2.35. The van der Waals surface area contributed by atoms with Gasteiger partial charge in [0.05, 0.1) is 5.92 Å². The maximum Gasteiger partial charge on any atom is 0.163 e. The van der Waals surface area contributed by atoms with Crippen molar-refractivity contribution in [1.82, 2.24) is 0 Å². The highest BCUT2D eigenvalue weighted by molar-refractivity contribution is 6.02. The molecule has 0 spiro atoms. The number of anilines is 3. The molecule has 39 heavy (non-hydrogen) atoms. The van der Waals surface area contributed by atoms with Crippen LogP contribution in [0, 0.1) is 11.8 Å². The van der Waals surface area contributed by atoms with E-state index in [-0.39, 0.29) is 5.78 Å². The zero-order valence-electron chi connectivity index (χ0n) is 21.4. The number of ketones is 1. The average molecular weight is 506 g/mol. The van der Waals surface area contributed by atoms with Gasteiger partial charge in [0.1, 0.15) is 6.29 Å². The van der Waals surface area contributed by atoms with Crippen LogP contribution in [0.1, 0.15) is 5.56 Å². The summed E-state index contributed by atoms with van der Waals surface area (Å²) in [5.74, 6) is -1.02. The minimum absolute atomic E-state index is 0.0744. The summed E-state index contributed by atoms with van der Waals surface area (Å²) in [6, 6.07) is 41.1. The molecule has 1 aliphatic carbocycles. The summed E-state index contributed by atoms with van der Waals surface area (Å²) in [4.78, 5) is 27.1. The second-order valence-corrected chi connectivity index (χ2v) is 9.73. The molecule has 5 aromatic rings. The van der Waals surface area contributed by atoms with Crippen LogP contribution in [0.4, 0.5) is 17.1 Å². The van der Waals surface area contributed by atoms with E-state index in [1.165, 1.54) is 0 Å². The molecule has 0 bridgehead atoms. The Kier molecular flexibility index (Phi) is 6.71. The van der Waals surface area contributed by atoms with Crippen LogP contribution in [0.3, 0.4) is 0 Å². The molecule has 1 aliphatic rings. The summed E-state index contributed by atoms with van der Waals surface area (Å²) in [5.41, 5.74) is 4.19. The summed E-state index contributed by atoms with van der Waals surface area (Å²) < 4.78 is 0. The Morgan fingerprint density at radius 1 is 0.615 bits per heavy atom. The lowest BCUT2D eigenvalue weighted by Crippen LogP contribution is -2.35. The standard InChI is InChI=1S/C36H27NO2/c38-25-31-22-27-9-7-8-10-28(27)24-35(31)36(39)20-16-26-15-17-30-23-34(19-18-29(30)21-26)37(32-11-3-1-4-12-32)33-13-5-2-6-14-33/h1-25,31,35H/b20-16+. The van der Waals surface area contributed by atoms with Gasteiger partial charge in [0.25, 0.3) is 0 Å². The molecule has 2 atom stereocenters. The van der Waals surface area contributed by atoms with Gasteiger partial charge in [-0.15, -0.1) is 0 Å². The van der Waals surface area contributed by atoms with E-state index in [1.807, 2.05) is 85.0 Å². The number of benzene rings is 5. The molecule has 0 fully saturated rings. The van der Waals surface area contributed by atoms with Crippen molar-refractivity contribution in [2.24, 2.45) is 11.8 Å². The first kappa shape index (κ1) is 24.3. The summed E-state index contributed by atoms with van der Waals surface area (Å²) in [7, 11) is 0. The molecule has 0 aliphatic heterocycles. The topological polar surface area (TPSA) is 37.4 Å². The van der Waals surface area contributed by atoms with E-state index >= 15 is 0 Å². The van der Waals surface area contributed by atoms with Gasteiger partial charge in [-0.05, 0) is 75.3 Å². The lowest BCUT2D eigenvalue weighted by atomic mass is 9.84. The van der Waals surface area contributed by atoms with Gasteiger partial charge in [-0.3, -0.25) is 4.79 Å². The predicted molar refractivity (Wildman–Crippen MR) is 160 cm³/mol. The fraction of sp³-hybridized carbons (Fsp3) is 0.0556. The minimum atomic E-state index is -0.487. The van der Waals surface area contributed by atoms with Crippen molar-refractivity contribution < 1.29 is 9.59 Å². The lowest BCUT2D eigenvalue weighted by molar-refractivity contribution is -0.120. The SMILES string of the molecule is O=CC1C=c2ccccc2=CC1C(=O)/C=C/c1ccc2cc(N(c3ccccc3)c3ccccc3)ccc2c1. The van der Waals surface area contributed by atoms with Crippen molar-refractivity contribution in [3.8, 4) is 0 Å². The Balaban J connectivity index is 1.28. The van der Waals surface area contributed by atoms with Gasteiger partial charge < -0.3 is 9.69 Å². The third kappa shape index (κ3) is 5.07. The van der Waals surface area contributed by atoms with Gasteiger partial charge in [-0.1, -0.05) is 97.1 Å². The number of fused-ring (bicyclic) bond motifs is 2. The van der Waals surface area contributed by atoms with E-state index in [9.17, 15) is 9.59 Å². The average Bonchev–Trinajstić information content (AvgIpc) is 3.00. The van der Waals surface area contributed by atoms with Gasteiger partial charge in [0.15, 0.2) is 5.78 Å². The lowest BCUT2D eigenvalue weighted by Gasteiger charge is -2.25. The zero-order valence-corrected chi connectivity index (χ0v) is 21.4. The van der Waals surface area contributed by atoms with Crippen molar-refractivity contribution in [3.63, 3.8) is 0 Å². The molecule has 0 radical (unpaired) electrons. The van der Waals surface area contributed by atoms with Crippen LogP contribution < -0.4 is 15.3 Å². The fourth-order valence-corrected chi connectivity index (χ4v) is 5.21. The highest BCUT2D eigenvalue weighted by Gasteiger charge is 2.24. The van der Waals surface area contributed by atoms with Crippen molar-refractivity contribution in [2.75, 3.05) is 4.90 Å². The van der Waals surface area contributed by atoms with Gasteiger partial charge in [0, 0.05) is 23.0 Å². The molecule has 0 N–H and O–H groups in total. The Morgan fingerprint density at radius 2 is 1.21 bits per heavy atom. The maximum atomic E-state index is 13.1. The van der Waals surface area contributed by atoms with Crippen LogP contribution in [0.5, 0.6) is 0 Å². The predicted octanol–water partition coefficient (Wildman–Crippen LogP) is 6.60. The summed E-state index contributed by atoms with van der Waals surface area (Å²) in [6.45, 7) is 0. The maximum absolute atomic E-state index is 13.1. The van der Waals surface area contributed by atoms with Crippen LogP contribution >= 0.6 is 0 Å². The van der Waals surface area contributed by atoms with E-state index in [4.69, 9.17) is 0 Å². The molecule has 0 saturated heterocycles. The summed E-state index contributed by atoms with van der Waals surface area (Å²) >= 11 is 0. The molecule has 0 heterocycles. The number of para-hydroxylation sites is 2. The Hall–Kier alpha value is -5.02. The quantitative estimate of drug-likeness (QED) is 0.185. The molecule has 5 aromatic carbocycles. The largest absolute Gasteiger partial charge is 0.310 e. The van der Waals surface area contributed by atoms with Crippen molar-refractivity contribution in [2.45, 2.75) is 0 Å². The highest BCUT2D eigenvalue weighted by atomic mass is 16.1. The monoisotopic (exact) mass is 505 g/mol. The molecule has 6 rings (SSSR count). The van der Waals surface area contributed by atoms with Gasteiger partial charge in [0.2, 0.25) is 0 Å². The first-order valence-electron chi connectivity index (χ1n) is 13.1. The molecule has 2 unspecified atom stereocenters. The van der Waals surface area contributed by atoms with Crippen LogP contribution in [0.2, 0.25) is 0 Å². The van der Waals surface area contributed by atoms with Crippen LogP contribution in [-0.2, 0) is 9.59 Å². The van der Waals surface area contributed by atoms with Gasteiger partial charge in [-0.2, -0.15) is 0 Å². The number of nitrogens with zero attached hydrogens (tertiary/aromatic N) is 1. The smallest absolute Gasteiger partial charge is 0.163 e. The molecule has 0 amide bonds. The Labute approximate surface area is 227 Å². The molecule has 0 aromatic heterocycles. The van der Waals surface area contributed by atoms with Gasteiger partial charge >= 0.3 is 0 Å². The van der Waals surface area contributed by atoms with Crippen molar-refractivity contribution >= 4 is 58.1 Å². The number of allylic oxidation sites excluding steroid dienone is 1. The van der Waals surface area contributed by atoms with E-state index in [0.29, 0.717) is 0 Å². The number of hydrogen-bond acceptors (Lipinski definition) is 3. The second kappa shape index (κ2) is 10.8. The molecule has 0 saturated carbocycles. The fourth-order valence-electron chi connectivity index (χ4n) is 5.21. The van der Waals surface area contributed by atoms with Crippen molar-refractivity contribution in [3.05, 3.63) is 143 Å². The third-order valence-corrected chi connectivity index (χ3v) is 7.20. The van der Waals surface area contributed by atoms with E-state index in [0.717, 1.165) is 50.1 Å². The molecule has 188 valence electrons. The van der Waals surface area contributed by atoms with Crippen molar-refractivity contribution in [1.29, 1.82) is 0 Å². The molecular weight excluding hydrogens is 478 g/mol. The van der Waals surface area contributed by atoms with E-state index < -0.39 is 11.8 Å². The summed E-state index contributed by atoms with van der Waals surface area (Å²) in [5, 5.41) is 4.19. The Bertz CT molecular complexity index is 1770. The van der Waals surface area contributed by atoms with Crippen LogP contribution in [0.25, 0.3) is 29.0 Å². The number of rotatable bonds is 7. The van der Waals surface area contributed by atoms with E-state index in [2.05, 4.69) is 59.5 Å². The van der Waals surface area contributed by atoms with E-state index in [1.54, 1.807) is 6.08 Å². The van der Waals surface area contributed by atoms with Gasteiger partial charge in [-0.25, -0.2) is 0 Å². The first-order valence-corrected chi connectivity index (χ1v) is 13.1. The summed E-state index contributed by atoms with van der Waals surface area (Å²) in [6.07, 6.45) is 8.10. The Morgan fingerprint density at radius 3 is 1.87 bits per heavy atom. The number of hydrogen-bond donors (Lipinski definition) is 0. The molecule has 3 nitrogen and oxygen atoms in total. The molecular formula is C36H27NO2. The first-order chi connectivity index (χ1) is 19.2. The van der Waals surface area contributed by atoms with Crippen LogP contribution in [0.15, 0.2) is 127 Å². The minimum Gasteiger partial charge on any atom is -0.310 e. The third-order valence-electron chi connectivity index (χ3n) is 7.20. The number of carbonyl (C=O) groups is 2. The normalized spacial score (nSPS) is 16.2. The molecule has 3 heteroatoms. The van der Waals surface area contributed by atoms with Crippen LogP contribution in [-0.4, -0.2) is 12.1 Å². The number of carbonyl (C=O) groups excluding carboxylic acids is 2.